The summed E-state index contributed by atoms with van der Waals surface area (Å²) in [7, 11) is 0. The summed E-state index contributed by atoms with van der Waals surface area (Å²) in [5.74, 6) is 0. The lowest BCUT2D eigenvalue weighted by Gasteiger charge is -2.32. The van der Waals surface area contributed by atoms with Crippen LogP contribution in [0.1, 0.15) is 71.1 Å². The van der Waals surface area contributed by atoms with E-state index in [0.29, 0.717) is 0 Å². The lowest BCUT2D eigenvalue weighted by atomic mass is 9.79. The molecule has 0 aromatic rings. The molecule has 1 saturated carbocycles. The Morgan fingerprint density at radius 1 is 1.00 bits per heavy atom. The van der Waals surface area contributed by atoms with Crippen molar-refractivity contribution in [1.82, 2.24) is 5.73 Å². The second-order valence-electron chi connectivity index (χ2n) is 4.65. The second-order valence-corrected chi connectivity index (χ2v) is 4.65. The first-order chi connectivity index (χ1) is 6.27. The van der Waals surface area contributed by atoms with Crippen LogP contribution in [0.25, 0.3) is 0 Å². The van der Waals surface area contributed by atoms with Crippen LogP contribution in [0.3, 0.4) is 0 Å². The molecule has 0 spiro atoms. The van der Waals surface area contributed by atoms with Gasteiger partial charge in [0.25, 0.3) is 0 Å². The molecular formula is C12H24N. The molecule has 77 valence electrons. The van der Waals surface area contributed by atoms with Crippen LogP contribution in [-0.4, -0.2) is 5.54 Å². The van der Waals surface area contributed by atoms with E-state index in [0.717, 1.165) is 6.42 Å². The zero-order chi connectivity index (χ0) is 9.57. The van der Waals surface area contributed by atoms with Crippen molar-refractivity contribution in [3.05, 3.63) is 0 Å². The Labute approximate surface area is 83.1 Å². The van der Waals surface area contributed by atoms with Crippen LogP contribution >= 0.6 is 0 Å². The molecular weight excluding hydrogens is 158 g/mol. The van der Waals surface area contributed by atoms with Crippen molar-refractivity contribution in [1.29, 1.82) is 0 Å². The standard InChI is InChI=1S/C12H24N/c1-2-3-4-6-9-12(13)10-7-5-8-11-12/h13H,2-11H2,1H3. The van der Waals surface area contributed by atoms with Gasteiger partial charge in [-0.3, -0.25) is 5.73 Å². The molecule has 1 nitrogen and oxygen atoms in total. The molecule has 1 fully saturated rings. The highest BCUT2D eigenvalue weighted by molar-refractivity contribution is 4.86. The zero-order valence-electron chi connectivity index (χ0n) is 9.07. The van der Waals surface area contributed by atoms with Crippen molar-refractivity contribution in [3.63, 3.8) is 0 Å². The van der Waals surface area contributed by atoms with E-state index >= 15 is 0 Å². The fourth-order valence-electron chi connectivity index (χ4n) is 2.37. The summed E-state index contributed by atoms with van der Waals surface area (Å²) in [4.78, 5) is 0. The van der Waals surface area contributed by atoms with E-state index in [1.165, 1.54) is 57.8 Å². The van der Waals surface area contributed by atoms with Crippen molar-refractivity contribution in [2.24, 2.45) is 0 Å². The van der Waals surface area contributed by atoms with E-state index in [-0.39, 0.29) is 5.54 Å². The van der Waals surface area contributed by atoms with Gasteiger partial charge in [-0.15, -0.1) is 0 Å². The van der Waals surface area contributed by atoms with Crippen molar-refractivity contribution in [2.45, 2.75) is 76.7 Å². The smallest absolute Gasteiger partial charge is 0.0324 e. The SMILES string of the molecule is CCCCCCC1([NH])CCCCC1. The van der Waals surface area contributed by atoms with E-state index in [1.54, 1.807) is 0 Å². The Kier molecular flexibility index (Phi) is 4.79. The molecule has 1 rings (SSSR count). The van der Waals surface area contributed by atoms with Gasteiger partial charge in [0.1, 0.15) is 0 Å². The molecule has 1 aliphatic rings. The minimum absolute atomic E-state index is 0.0218. The van der Waals surface area contributed by atoms with E-state index in [2.05, 4.69) is 6.92 Å². The third-order valence-corrected chi connectivity index (χ3v) is 3.32. The monoisotopic (exact) mass is 182 g/mol. The Balaban J connectivity index is 2.10. The Morgan fingerprint density at radius 2 is 1.69 bits per heavy atom. The topological polar surface area (TPSA) is 23.8 Å². The van der Waals surface area contributed by atoms with Crippen LogP contribution in [0, 0.1) is 0 Å². The maximum absolute atomic E-state index is 8.26. The maximum Gasteiger partial charge on any atom is 0.0324 e. The van der Waals surface area contributed by atoms with Gasteiger partial charge in [-0.05, 0) is 19.3 Å². The number of nitrogens with one attached hydrogen (secondary N) is 1. The van der Waals surface area contributed by atoms with E-state index in [1.807, 2.05) is 0 Å². The highest BCUT2D eigenvalue weighted by atomic mass is 14.7. The quantitative estimate of drug-likeness (QED) is 0.575. The molecule has 0 bridgehead atoms. The van der Waals surface area contributed by atoms with Crippen LogP contribution in [0.2, 0.25) is 0 Å². The molecule has 0 unspecified atom stereocenters. The maximum atomic E-state index is 8.26. The van der Waals surface area contributed by atoms with Gasteiger partial charge in [0, 0.05) is 5.54 Å². The summed E-state index contributed by atoms with van der Waals surface area (Å²) in [5.41, 5.74) is 8.23. The van der Waals surface area contributed by atoms with E-state index < -0.39 is 0 Å². The summed E-state index contributed by atoms with van der Waals surface area (Å²) in [6.07, 6.45) is 12.8. The Bertz CT molecular complexity index is 125. The van der Waals surface area contributed by atoms with Gasteiger partial charge >= 0.3 is 0 Å². The second kappa shape index (κ2) is 5.64. The summed E-state index contributed by atoms with van der Waals surface area (Å²) in [6, 6.07) is 0. The van der Waals surface area contributed by atoms with Gasteiger partial charge in [0.2, 0.25) is 0 Å². The summed E-state index contributed by atoms with van der Waals surface area (Å²) in [6.45, 7) is 2.25. The van der Waals surface area contributed by atoms with E-state index in [4.69, 9.17) is 5.73 Å². The molecule has 0 aliphatic heterocycles. The summed E-state index contributed by atoms with van der Waals surface area (Å²) < 4.78 is 0. The molecule has 1 radical (unpaired) electrons. The molecule has 1 aliphatic carbocycles. The molecule has 1 N–H and O–H groups in total. The van der Waals surface area contributed by atoms with Crippen LogP contribution in [-0.2, 0) is 0 Å². The number of rotatable bonds is 5. The van der Waals surface area contributed by atoms with Crippen molar-refractivity contribution < 1.29 is 0 Å². The first kappa shape index (κ1) is 11.0. The Hall–Kier alpha value is -0.0400. The van der Waals surface area contributed by atoms with E-state index in [9.17, 15) is 0 Å². The van der Waals surface area contributed by atoms with Gasteiger partial charge in [-0.1, -0.05) is 51.9 Å². The highest BCUT2D eigenvalue weighted by Crippen LogP contribution is 2.31. The Morgan fingerprint density at radius 3 is 2.31 bits per heavy atom. The van der Waals surface area contributed by atoms with Crippen molar-refractivity contribution in [3.8, 4) is 0 Å². The minimum Gasteiger partial charge on any atom is -0.251 e. The van der Waals surface area contributed by atoms with Crippen LogP contribution in [0.5, 0.6) is 0 Å². The first-order valence-electron chi connectivity index (χ1n) is 6.02. The molecule has 1 heteroatoms. The predicted molar refractivity (Wildman–Crippen MR) is 57.7 cm³/mol. The molecule has 0 aromatic carbocycles. The predicted octanol–water partition coefficient (Wildman–Crippen LogP) is 3.94. The average molecular weight is 182 g/mol. The number of hydrogen-bond acceptors (Lipinski definition) is 0. The molecule has 0 amide bonds. The lowest BCUT2D eigenvalue weighted by molar-refractivity contribution is 0.260. The zero-order valence-corrected chi connectivity index (χ0v) is 9.07. The lowest BCUT2D eigenvalue weighted by Crippen LogP contribution is -2.33. The van der Waals surface area contributed by atoms with Gasteiger partial charge in [0.05, 0.1) is 0 Å². The fourth-order valence-corrected chi connectivity index (χ4v) is 2.37. The van der Waals surface area contributed by atoms with Crippen LogP contribution < -0.4 is 5.73 Å². The molecule has 0 saturated heterocycles. The number of hydrogen-bond donors (Lipinski definition) is 0. The highest BCUT2D eigenvalue weighted by Gasteiger charge is 2.27. The normalized spacial score (nSPS) is 21.7. The van der Waals surface area contributed by atoms with Gasteiger partial charge in [0.15, 0.2) is 0 Å². The van der Waals surface area contributed by atoms with Gasteiger partial charge < -0.3 is 0 Å². The largest absolute Gasteiger partial charge is 0.251 e. The number of unbranched alkanes of at least 4 members (excludes halogenated alkanes) is 3. The van der Waals surface area contributed by atoms with Crippen LogP contribution in [0.4, 0.5) is 0 Å². The molecule has 13 heavy (non-hydrogen) atoms. The first-order valence-corrected chi connectivity index (χ1v) is 6.02. The van der Waals surface area contributed by atoms with Crippen molar-refractivity contribution in [2.75, 3.05) is 0 Å². The fraction of sp³-hybridized carbons (Fsp3) is 1.00. The van der Waals surface area contributed by atoms with Crippen LogP contribution in [0.15, 0.2) is 0 Å². The molecule has 0 atom stereocenters. The minimum atomic E-state index is -0.0218. The molecule has 0 heterocycles. The third-order valence-electron chi connectivity index (χ3n) is 3.32. The summed E-state index contributed by atoms with van der Waals surface area (Å²) >= 11 is 0. The molecule has 0 aromatic heterocycles. The third kappa shape index (κ3) is 4.12. The summed E-state index contributed by atoms with van der Waals surface area (Å²) in [5, 5.41) is 0. The van der Waals surface area contributed by atoms with Gasteiger partial charge in [-0.2, -0.15) is 0 Å². The average Bonchev–Trinajstić information content (AvgIpc) is 2.14. The van der Waals surface area contributed by atoms with Gasteiger partial charge in [-0.25, -0.2) is 0 Å². The van der Waals surface area contributed by atoms with Crippen molar-refractivity contribution >= 4 is 0 Å².